The van der Waals surface area contributed by atoms with Crippen molar-refractivity contribution in [1.82, 2.24) is 14.9 Å². The van der Waals surface area contributed by atoms with E-state index >= 15 is 0 Å². The van der Waals surface area contributed by atoms with Crippen LogP contribution in [0.25, 0.3) is 0 Å². The maximum Gasteiger partial charge on any atom is 0.305 e. The summed E-state index contributed by atoms with van der Waals surface area (Å²) < 4.78 is 0. The van der Waals surface area contributed by atoms with Gasteiger partial charge in [-0.15, -0.1) is 0 Å². The van der Waals surface area contributed by atoms with Crippen LogP contribution in [0.5, 0.6) is 0 Å². The van der Waals surface area contributed by atoms with Crippen LogP contribution in [-0.4, -0.2) is 45.0 Å². The molecule has 0 saturated heterocycles. The van der Waals surface area contributed by atoms with Crippen LogP contribution in [0.2, 0.25) is 0 Å². The molecule has 0 aliphatic carbocycles. The van der Waals surface area contributed by atoms with Gasteiger partial charge in [0.1, 0.15) is 12.4 Å². The number of nitro groups is 1. The van der Waals surface area contributed by atoms with Crippen molar-refractivity contribution < 1.29 is 4.92 Å². The first-order chi connectivity index (χ1) is 8.91. The molecule has 0 aliphatic rings. The van der Waals surface area contributed by atoms with Crippen LogP contribution in [0.4, 0.5) is 11.6 Å². The van der Waals surface area contributed by atoms with E-state index in [2.05, 4.69) is 47.9 Å². The Labute approximate surface area is 113 Å². The lowest BCUT2D eigenvalue weighted by atomic mass is 10.2. The molecule has 0 aromatic carbocycles. The Morgan fingerprint density at radius 2 is 1.79 bits per heavy atom. The molecule has 7 nitrogen and oxygen atoms in total. The molecule has 0 bridgehead atoms. The van der Waals surface area contributed by atoms with Gasteiger partial charge in [0.05, 0.1) is 4.92 Å². The molecule has 0 aliphatic heterocycles. The van der Waals surface area contributed by atoms with E-state index in [4.69, 9.17) is 0 Å². The van der Waals surface area contributed by atoms with Crippen LogP contribution < -0.4 is 5.32 Å². The van der Waals surface area contributed by atoms with Crippen LogP contribution in [0, 0.1) is 10.1 Å². The lowest BCUT2D eigenvalue weighted by Gasteiger charge is -2.30. The lowest BCUT2D eigenvalue weighted by Crippen LogP contribution is -2.40. The van der Waals surface area contributed by atoms with Gasteiger partial charge >= 0.3 is 5.69 Å². The Hall–Kier alpha value is -1.76. The summed E-state index contributed by atoms with van der Waals surface area (Å²) in [7, 11) is 0. The van der Waals surface area contributed by atoms with Crippen molar-refractivity contribution in [3.63, 3.8) is 0 Å². The molecule has 7 heteroatoms. The molecular formula is C12H21N5O2. The minimum absolute atomic E-state index is 0.100. The number of nitrogens with zero attached hydrogens (tertiary/aromatic N) is 4. The Morgan fingerprint density at radius 3 is 2.21 bits per heavy atom. The van der Waals surface area contributed by atoms with Gasteiger partial charge in [0, 0.05) is 25.2 Å². The smallest absolute Gasteiger partial charge is 0.305 e. The predicted molar refractivity (Wildman–Crippen MR) is 74.2 cm³/mol. The van der Waals surface area contributed by atoms with Gasteiger partial charge in [0.25, 0.3) is 0 Å². The van der Waals surface area contributed by atoms with Crippen molar-refractivity contribution in [2.45, 2.75) is 39.8 Å². The highest BCUT2D eigenvalue weighted by Gasteiger charge is 2.12. The molecule has 0 spiro atoms. The number of anilines is 1. The van der Waals surface area contributed by atoms with Crippen LogP contribution >= 0.6 is 0 Å². The number of nitrogens with one attached hydrogen (secondary N) is 1. The molecule has 0 atom stereocenters. The summed E-state index contributed by atoms with van der Waals surface area (Å²) >= 11 is 0. The lowest BCUT2D eigenvalue weighted by molar-refractivity contribution is -0.385. The van der Waals surface area contributed by atoms with Crippen LogP contribution in [-0.2, 0) is 0 Å². The molecule has 1 heterocycles. The van der Waals surface area contributed by atoms with Gasteiger partial charge in [0.2, 0.25) is 5.95 Å². The molecular weight excluding hydrogens is 246 g/mol. The number of hydrogen-bond acceptors (Lipinski definition) is 6. The van der Waals surface area contributed by atoms with E-state index in [1.54, 1.807) is 0 Å². The average Bonchev–Trinajstić information content (AvgIpc) is 2.34. The van der Waals surface area contributed by atoms with E-state index in [1.165, 1.54) is 12.4 Å². The molecule has 1 aromatic heterocycles. The molecule has 1 N–H and O–H groups in total. The maximum atomic E-state index is 10.5. The van der Waals surface area contributed by atoms with Crippen molar-refractivity contribution in [3.8, 4) is 0 Å². The van der Waals surface area contributed by atoms with Gasteiger partial charge in [-0.25, -0.2) is 9.97 Å². The quantitative estimate of drug-likeness (QED) is 0.600. The molecule has 0 radical (unpaired) electrons. The van der Waals surface area contributed by atoms with Crippen molar-refractivity contribution in [3.05, 3.63) is 22.5 Å². The summed E-state index contributed by atoms with van der Waals surface area (Å²) in [6, 6.07) is 0.944. The van der Waals surface area contributed by atoms with Gasteiger partial charge in [-0.3, -0.25) is 15.0 Å². The summed E-state index contributed by atoms with van der Waals surface area (Å²) in [5.41, 5.74) is -0.100. The summed E-state index contributed by atoms with van der Waals surface area (Å²) in [5, 5.41) is 13.5. The maximum absolute atomic E-state index is 10.5. The fourth-order valence-corrected chi connectivity index (χ4v) is 1.92. The topological polar surface area (TPSA) is 84.2 Å². The first-order valence-corrected chi connectivity index (χ1v) is 6.38. The Kier molecular flexibility index (Phi) is 5.62. The van der Waals surface area contributed by atoms with Crippen molar-refractivity contribution in [1.29, 1.82) is 0 Å². The fourth-order valence-electron chi connectivity index (χ4n) is 1.92. The zero-order valence-electron chi connectivity index (χ0n) is 11.8. The van der Waals surface area contributed by atoms with Crippen LogP contribution in [0.3, 0.4) is 0 Å². The highest BCUT2D eigenvalue weighted by molar-refractivity contribution is 5.30. The summed E-state index contributed by atoms with van der Waals surface area (Å²) in [6.07, 6.45) is 2.41. The zero-order chi connectivity index (χ0) is 14.4. The first-order valence-electron chi connectivity index (χ1n) is 6.38. The minimum Gasteiger partial charge on any atom is -0.353 e. The summed E-state index contributed by atoms with van der Waals surface area (Å²) in [4.78, 5) is 20.1. The first kappa shape index (κ1) is 15.3. The largest absolute Gasteiger partial charge is 0.353 e. The monoisotopic (exact) mass is 267 g/mol. The van der Waals surface area contributed by atoms with Crippen LogP contribution in [0.1, 0.15) is 27.7 Å². The van der Waals surface area contributed by atoms with Crippen molar-refractivity contribution >= 4 is 11.6 Å². The third-order valence-corrected chi connectivity index (χ3v) is 2.83. The Morgan fingerprint density at radius 1 is 1.26 bits per heavy atom. The van der Waals surface area contributed by atoms with Gasteiger partial charge in [0.15, 0.2) is 0 Å². The van der Waals surface area contributed by atoms with E-state index in [0.29, 0.717) is 24.6 Å². The molecule has 0 amide bonds. The van der Waals surface area contributed by atoms with E-state index in [1.807, 2.05) is 0 Å². The Balaban J connectivity index is 2.46. The highest BCUT2D eigenvalue weighted by Crippen LogP contribution is 2.08. The van der Waals surface area contributed by atoms with Gasteiger partial charge in [-0.05, 0) is 27.7 Å². The summed E-state index contributed by atoms with van der Waals surface area (Å²) in [5.74, 6) is 0.415. The van der Waals surface area contributed by atoms with Crippen molar-refractivity contribution in [2.75, 3.05) is 18.4 Å². The fraction of sp³-hybridized carbons (Fsp3) is 0.667. The highest BCUT2D eigenvalue weighted by atomic mass is 16.6. The number of rotatable bonds is 7. The predicted octanol–water partition coefficient (Wildman–Crippen LogP) is 1.92. The van der Waals surface area contributed by atoms with Gasteiger partial charge in [-0.1, -0.05) is 0 Å². The average molecular weight is 267 g/mol. The SMILES string of the molecule is CC(C)N(CCNc1ncc([N+](=O)[O-])cn1)C(C)C. The Bertz CT molecular complexity index is 397. The molecule has 0 fully saturated rings. The second-order valence-electron chi connectivity index (χ2n) is 4.87. The molecule has 19 heavy (non-hydrogen) atoms. The molecule has 106 valence electrons. The third kappa shape index (κ3) is 4.78. The van der Waals surface area contributed by atoms with E-state index < -0.39 is 4.92 Å². The van der Waals surface area contributed by atoms with Crippen molar-refractivity contribution in [2.24, 2.45) is 0 Å². The second kappa shape index (κ2) is 6.98. The number of hydrogen-bond donors (Lipinski definition) is 1. The number of aromatic nitrogens is 2. The van der Waals surface area contributed by atoms with E-state index in [0.717, 1.165) is 6.54 Å². The minimum atomic E-state index is -0.511. The molecule has 0 saturated carbocycles. The molecule has 1 rings (SSSR count). The third-order valence-electron chi connectivity index (χ3n) is 2.83. The second-order valence-corrected chi connectivity index (χ2v) is 4.87. The zero-order valence-corrected chi connectivity index (χ0v) is 11.8. The standard InChI is InChI=1S/C12H21N5O2/c1-9(2)16(10(3)4)6-5-13-12-14-7-11(8-15-12)17(18)19/h7-10H,5-6H2,1-4H3,(H,13,14,15). The van der Waals surface area contributed by atoms with Crippen LogP contribution in [0.15, 0.2) is 12.4 Å². The molecule has 1 aromatic rings. The van der Waals surface area contributed by atoms with Gasteiger partial charge < -0.3 is 5.32 Å². The van der Waals surface area contributed by atoms with E-state index in [9.17, 15) is 10.1 Å². The van der Waals surface area contributed by atoms with Gasteiger partial charge in [-0.2, -0.15) is 0 Å². The summed E-state index contributed by atoms with van der Waals surface area (Å²) in [6.45, 7) is 10.2. The normalized spacial score (nSPS) is 11.3. The molecule has 0 unspecified atom stereocenters. The van der Waals surface area contributed by atoms with E-state index in [-0.39, 0.29) is 5.69 Å².